The van der Waals surface area contributed by atoms with Crippen molar-refractivity contribution in [2.24, 2.45) is 0 Å². The molecular formula is C18H22BrNO. The normalized spacial score (nSPS) is 12.2. The van der Waals surface area contributed by atoms with E-state index in [1.54, 1.807) is 7.11 Å². The van der Waals surface area contributed by atoms with E-state index in [4.69, 9.17) is 4.74 Å². The van der Waals surface area contributed by atoms with E-state index in [2.05, 4.69) is 59.4 Å². The smallest absolute Gasteiger partial charge is 0.119 e. The van der Waals surface area contributed by atoms with Gasteiger partial charge in [-0.1, -0.05) is 34.1 Å². The van der Waals surface area contributed by atoms with Gasteiger partial charge in [0.1, 0.15) is 5.75 Å². The lowest BCUT2D eigenvalue weighted by atomic mass is 9.96. The maximum atomic E-state index is 5.34. The summed E-state index contributed by atoms with van der Waals surface area (Å²) in [6.45, 7) is 4.31. The van der Waals surface area contributed by atoms with E-state index in [1.165, 1.54) is 22.3 Å². The maximum absolute atomic E-state index is 5.34. The molecule has 0 aliphatic rings. The fourth-order valence-electron chi connectivity index (χ4n) is 2.45. The Bertz CT molecular complexity index is 625. The minimum atomic E-state index is 0.247. The summed E-state index contributed by atoms with van der Waals surface area (Å²) < 4.78 is 6.44. The Morgan fingerprint density at radius 1 is 1.10 bits per heavy atom. The Balaban J connectivity index is 2.29. The molecule has 2 aromatic carbocycles. The van der Waals surface area contributed by atoms with Crippen molar-refractivity contribution < 1.29 is 4.74 Å². The van der Waals surface area contributed by atoms with Crippen LogP contribution in [0.1, 0.15) is 28.3 Å². The number of rotatable bonds is 5. The zero-order valence-electron chi connectivity index (χ0n) is 13.0. The van der Waals surface area contributed by atoms with Gasteiger partial charge in [0.05, 0.1) is 7.11 Å². The highest BCUT2D eigenvalue weighted by molar-refractivity contribution is 9.10. The zero-order chi connectivity index (χ0) is 15.4. The van der Waals surface area contributed by atoms with Crippen molar-refractivity contribution in [1.82, 2.24) is 5.32 Å². The summed E-state index contributed by atoms with van der Waals surface area (Å²) in [7, 11) is 3.70. The first-order valence-electron chi connectivity index (χ1n) is 7.12. The van der Waals surface area contributed by atoms with Crippen LogP contribution in [-0.2, 0) is 6.42 Å². The van der Waals surface area contributed by atoms with Gasteiger partial charge in [0.15, 0.2) is 0 Å². The van der Waals surface area contributed by atoms with Crippen LogP contribution in [0.5, 0.6) is 5.75 Å². The van der Waals surface area contributed by atoms with E-state index in [9.17, 15) is 0 Å². The number of halogens is 1. The first-order chi connectivity index (χ1) is 10.0. The summed E-state index contributed by atoms with van der Waals surface area (Å²) >= 11 is 3.64. The van der Waals surface area contributed by atoms with Crippen LogP contribution >= 0.6 is 15.9 Å². The maximum Gasteiger partial charge on any atom is 0.119 e. The molecule has 0 spiro atoms. The summed E-state index contributed by atoms with van der Waals surface area (Å²) in [5.74, 6) is 0.883. The molecule has 2 nitrogen and oxygen atoms in total. The second-order valence-electron chi connectivity index (χ2n) is 5.35. The minimum Gasteiger partial charge on any atom is -0.497 e. The van der Waals surface area contributed by atoms with E-state index >= 15 is 0 Å². The van der Waals surface area contributed by atoms with Gasteiger partial charge in [0.2, 0.25) is 0 Å². The van der Waals surface area contributed by atoms with E-state index in [1.807, 2.05) is 19.2 Å². The third-order valence-corrected chi connectivity index (χ3v) is 4.66. The number of ether oxygens (including phenoxy) is 1. The lowest BCUT2D eigenvalue weighted by molar-refractivity contribution is 0.413. The van der Waals surface area contributed by atoms with Crippen LogP contribution in [0.25, 0.3) is 0 Å². The summed E-state index contributed by atoms with van der Waals surface area (Å²) in [4.78, 5) is 0. The molecule has 0 amide bonds. The highest BCUT2D eigenvalue weighted by Gasteiger charge is 2.14. The van der Waals surface area contributed by atoms with Crippen LogP contribution in [0.3, 0.4) is 0 Å². The molecular weight excluding hydrogens is 326 g/mol. The van der Waals surface area contributed by atoms with Gasteiger partial charge in [-0.3, -0.25) is 0 Å². The minimum absolute atomic E-state index is 0.247. The van der Waals surface area contributed by atoms with Gasteiger partial charge in [0.25, 0.3) is 0 Å². The van der Waals surface area contributed by atoms with E-state index < -0.39 is 0 Å². The Labute approximate surface area is 135 Å². The summed E-state index contributed by atoms with van der Waals surface area (Å²) in [5, 5.41) is 3.41. The Morgan fingerprint density at radius 2 is 1.86 bits per heavy atom. The molecule has 0 aliphatic carbocycles. The van der Waals surface area contributed by atoms with Crippen molar-refractivity contribution in [2.45, 2.75) is 26.3 Å². The summed E-state index contributed by atoms with van der Waals surface area (Å²) in [6, 6.07) is 13.0. The SMILES string of the molecule is CNC(Cc1ccc(C)c(C)c1)c1cc(OC)ccc1Br. The second-order valence-corrected chi connectivity index (χ2v) is 6.21. The van der Waals surface area contributed by atoms with E-state index in [0.717, 1.165) is 16.6 Å². The third kappa shape index (κ3) is 3.86. The first-order valence-corrected chi connectivity index (χ1v) is 7.91. The Kier molecular flexibility index (Phi) is 5.43. The number of likely N-dealkylation sites (N-methyl/N-ethyl adjacent to an activating group) is 1. The van der Waals surface area contributed by atoms with Crippen molar-refractivity contribution in [3.05, 3.63) is 63.1 Å². The van der Waals surface area contributed by atoms with Crippen LogP contribution in [0, 0.1) is 13.8 Å². The van der Waals surface area contributed by atoms with Crippen molar-refractivity contribution in [3.63, 3.8) is 0 Å². The van der Waals surface area contributed by atoms with E-state index in [0.29, 0.717) is 0 Å². The molecule has 112 valence electrons. The standard InChI is InChI=1S/C18H22BrNO/c1-12-5-6-14(9-13(12)2)10-18(20-3)16-11-15(21-4)7-8-17(16)19/h5-9,11,18,20H,10H2,1-4H3. The van der Waals surface area contributed by atoms with Crippen LogP contribution in [-0.4, -0.2) is 14.2 Å². The number of hydrogen-bond acceptors (Lipinski definition) is 2. The average Bonchev–Trinajstić information content (AvgIpc) is 2.49. The van der Waals surface area contributed by atoms with Crippen LogP contribution in [0.2, 0.25) is 0 Å². The Hall–Kier alpha value is -1.32. The fraction of sp³-hybridized carbons (Fsp3) is 0.333. The molecule has 0 bridgehead atoms. The average molecular weight is 348 g/mol. The molecule has 0 heterocycles. The highest BCUT2D eigenvalue weighted by Crippen LogP contribution is 2.30. The predicted molar refractivity (Wildman–Crippen MR) is 92.1 cm³/mol. The molecule has 2 rings (SSSR count). The third-order valence-electron chi connectivity index (χ3n) is 3.94. The molecule has 21 heavy (non-hydrogen) atoms. The summed E-state index contributed by atoms with van der Waals surface area (Å²) in [5.41, 5.74) is 5.23. The van der Waals surface area contributed by atoms with Crippen molar-refractivity contribution in [1.29, 1.82) is 0 Å². The van der Waals surface area contributed by atoms with Gasteiger partial charge in [-0.05, 0) is 67.8 Å². The molecule has 1 unspecified atom stereocenters. The van der Waals surface area contributed by atoms with E-state index in [-0.39, 0.29) is 6.04 Å². The van der Waals surface area contributed by atoms with Gasteiger partial charge >= 0.3 is 0 Å². The van der Waals surface area contributed by atoms with Crippen molar-refractivity contribution >= 4 is 15.9 Å². The number of nitrogens with one attached hydrogen (secondary N) is 1. The van der Waals surface area contributed by atoms with Gasteiger partial charge in [-0.25, -0.2) is 0 Å². The first kappa shape index (κ1) is 16.1. The van der Waals surface area contributed by atoms with Gasteiger partial charge in [-0.15, -0.1) is 0 Å². The molecule has 3 heteroatoms. The molecule has 0 saturated heterocycles. The van der Waals surface area contributed by atoms with Crippen molar-refractivity contribution in [2.75, 3.05) is 14.2 Å². The number of methoxy groups -OCH3 is 1. The van der Waals surface area contributed by atoms with Crippen LogP contribution in [0.15, 0.2) is 40.9 Å². The van der Waals surface area contributed by atoms with Gasteiger partial charge < -0.3 is 10.1 Å². The van der Waals surface area contributed by atoms with Gasteiger partial charge in [0, 0.05) is 10.5 Å². The molecule has 0 aromatic heterocycles. The predicted octanol–water partition coefficient (Wildman–Crippen LogP) is 4.58. The molecule has 0 aliphatic heterocycles. The number of hydrogen-bond donors (Lipinski definition) is 1. The monoisotopic (exact) mass is 347 g/mol. The van der Waals surface area contributed by atoms with Crippen LogP contribution in [0.4, 0.5) is 0 Å². The number of benzene rings is 2. The lowest BCUT2D eigenvalue weighted by Gasteiger charge is -2.19. The highest BCUT2D eigenvalue weighted by atomic mass is 79.9. The lowest BCUT2D eigenvalue weighted by Crippen LogP contribution is -2.19. The molecule has 1 atom stereocenters. The summed E-state index contributed by atoms with van der Waals surface area (Å²) in [6.07, 6.45) is 0.948. The second kappa shape index (κ2) is 7.10. The topological polar surface area (TPSA) is 21.3 Å². The van der Waals surface area contributed by atoms with Gasteiger partial charge in [-0.2, -0.15) is 0 Å². The van der Waals surface area contributed by atoms with Crippen molar-refractivity contribution in [3.8, 4) is 5.75 Å². The number of aryl methyl sites for hydroxylation is 2. The molecule has 0 radical (unpaired) electrons. The molecule has 1 N–H and O–H groups in total. The Morgan fingerprint density at radius 3 is 2.48 bits per heavy atom. The fourth-order valence-corrected chi connectivity index (χ4v) is 2.97. The zero-order valence-corrected chi connectivity index (χ0v) is 14.6. The van der Waals surface area contributed by atoms with Crippen LogP contribution < -0.4 is 10.1 Å². The molecule has 0 saturated carbocycles. The quantitative estimate of drug-likeness (QED) is 0.854. The molecule has 2 aromatic rings. The molecule has 0 fully saturated rings. The largest absolute Gasteiger partial charge is 0.497 e.